The number of fused-ring (bicyclic) bond motifs is 7. The maximum atomic E-state index is 2.48. The lowest BCUT2D eigenvalue weighted by atomic mass is 9.82. The number of rotatable bonds is 5. The minimum atomic E-state index is -0.0853. The second-order valence-corrected chi connectivity index (χ2v) is 14.1. The predicted molar refractivity (Wildman–Crippen MR) is 216 cm³/mol. The van der Waals surface area contributed by atoms with Gasteiger partial charge in [0.25, 0.3) is 0 Å². The van der Waals surface area contributed by atoms with E-state index in [9.17, 15) is 0 Å². The summed E-state index contributed by atoms with van der Waals surface area (Å²) in [6.07, 6.45) is 0. The lowest BCUT2D eigenvalue weighted by Crippen LogP contribution is -2.15. The van der Waals surface area contributed by atoms with Gasteiger partial charge in [-0.3, -0.25) is 0 Å². The fourth-order valence-corrected chi connectivity index (χ4v) is 8.62. The van der Waals surface area contributed by atoms with Gasteiger partial charge < -0.3 is 9.47 Å². The van der Waals surface area contributed by atoms with Gasteiger partial charge in [-0.25, -0.2) is 0 Å². The molecule has 0 radical (unpaired) electrons. The molecule has 0 amide bonds. The summed E-state index contributed by atoms with van der Waals surface area (Å²) < 4.78 is 2.44. The highest BCUT2D eigenvalue weighted by Crippen LogP contribution is 2.54. The average Bonchev–Trinajstić information content (AvgIpc) is 3.64. The lowest BCUT2D eigenvalue weighted by Gasteiger charge is -2.31. The normalized spacial score (nSPS) is 13.1. The molecule has 0 fully saturated rings. The fourth-order valence-electron chi connectivity index (χ4n) is 8.62. The van der Waals surface area contributed by atoms with Gasteiger partial charge in [0, 0.05) is 27.4 Å². The Morgan fingerprint density at radius 1 is 0.431 bits per heavy atom. The van der Waals surface area contributed by atoms with Crippen molar-refractivity contribution >= 4 is 49.6 Å². The first-order valence-corrected chi connectivity index (χ1v) is 17.8. The van der Waals surface area contributed by atoms with Crippen LogP contribution in [-0.4, -0.2) is 4.57 Å². The molecular formula is C49H36N2. The van der Waals surface area contributed by atoms with Gasteiger partial charge in [-0.05, 0) is 81.1 Å². The zero-order valence-electron chi connectivity index (χ0n) is 28.7. The molecule has 0 spiro atoms. The second kappa shape index (κ2) is 11.3. The van der Waals surface area contributed by atoms with Crippen molar-refractivity contribution in [3.8, 4) is 27.9 Å². The van der Waals surface area contributed by atoms with Gasteiger partial charge in [-0.2, -0.15) is 0 Å². The Morgan fingerprint density at radius 2 is 1.00 bits per heavy atom. The van der Waals surface area contributed by atoms with Crippen molar-refractivity contribution < 1.29 is 0 Å². The van der Waals surface area contributed by atoms with Crippen LogP contribution in [0.25, 0.3) is 60.5 Å². The van der Waals surface area contributed by atoms with E-state index in [0.29, 0.717) is 0 Å². The molecular weight excluding hydrogens is 617 g/mol. The van der Waals surface area contributed by atoms with Gasteiger partial charge in [-0.1, -0.05) is 153 Å². The largest absolute Gasteiger partial charge is 0.308 e. The molecule has 242 valence electrons. The molecule has 0 N–H and O–H groups in total. The van der Waals surface area contributed by atoms with E-state index in [1.54, 1.807) is 0 Å². The van der Waals surface area contributed by atoms with E-state index in [-0.39, 0.29) is 5.41 Å². The second-order valence-electron chi connectivity index (χ2n) is 14.1. The van der Waals surface area contributed by atoms with Crippen LogP contribution < -0.4 is 4.90 Å². The summed E-state index contributed by atoms with van der Waals surface area (Å²) in [6.45, 7) is 4.72. The summed E-state index contributed by atoms with van der Waals surface area (Å²) in [6, 6.07) is 66.7. The van der Waals surface area contributed by atoms with Gasteiger partial charge in [0.2, 0.25) is 0 Å². The summed E-state index contributed by atoms with van der Waals surface area (Å²) in [7, 11) is 0. The molecule has 2 heteroatoms. The zero-order chi connectivity index (χ0) is 34.1. The van der Waals surface area contributed by atoms with E-state index in [2.05, 4.69) is 205 Å². The molecule has 0 aliphatic heterocycles. The van der Waals surface area contributed by atoms with Crippen LogP contribution in [0.15, 0.2) is 182 Å². The number of nitrogens with zero attached hydrogens (tertiary/aromatic N) is 2. The van der Waals surface area contributed by atoms with Crippen molar-refractivity contribution in [3.05, 3.63) is 193 Å². The Bertz CT molecular complexity index is 2750. The fraction of sp³-hybridized carbons (Fsp3) is 0.0612. The molecule has 1 aliphatic rings. The maximum absolute atomic E-state index is 2.48. The molecule has 2 nitrogen and oxygen atoms in total. The molecule has 0 unspecified atom stereocenters. The van der Waals surface area contributed by atoms with Crippen LogP contribution in [0, 0.1) is 0 Å². The highest BCUT2D eigenvalue weighted by atomic mass is 15.2. The van der Waals surface area contributed by atoms with E-state index < -0.39 is 0 Å². The number of hydrogen-bond donors (Lipinski definition) is 0. The Hall–Kier alpha value is -6.38. The van der Waals surface area contributed by atoms with Gasteiger partial charge in [0.15, 0.2) is 0 Å². The SMILES string of the molecule is CC1(C)c2ccccc2-c2c(-c3ccccc3N(c3ccc4ccccc4c3)c3ccccc3-n3c4ccccc4c4ccccc43)cccc21. The van der Waals surface area contributed by atoms with Crippen molar-refractivity contribution in [1.82, 2.24) is 4.57 Å². The quantitative estimate of drug-likeness (QED) is 0.180. The standard InChI is InChI=1S/C49H36N2/c1-49(2)41-23-9-5-21-40(41)48-39(22-15-24-42(48)49)38-20-8-10-25-43(38)50(35-31-30-33-16-3-4-17-34(33)32-35)46-28-13-14-29-47(46)51-44-26-11-6-18-36(44)37-19-7-12-27-45(37)51/h3-32H,1-2H3. The third-order valence-corrected chi connectivity index (χ3v) is 11.0. The average molecular weight is 653 g/mol. The molecule has 9 aromatic rings. The van der Waals surface area contributed by atoms with Crippen LogP contribution in [0.1, 0.15) is 25.0 Å². The minimum Gasteiger partial charge on any atom is -0.308 e. The van der Waals surface area contributed by atoms with E-state index in [1.807, 2.05) is 0 Å². The topological polar surface area (TPSA) is 8.17 Å². The van der Waals surface area contributed by atoms with E-state index in [0.717, 1.165) is 22.7 Å². The Labute approximate surface area is 298 Å². The number of benzene rings is 8. The smallest absolute Gasteiger partial charge is 0.0702 e. The van der Waals surface area contributed by atoms with Crippen molar-refractivity contribution in [3.63, 3.8) is 0 Å². The van der Waals surface area contributed by atoms with E-state index in [1.165, 1.54) is 66.0 Å². The first kappa shape index (κ1) is 29.5. The molecule has 0 saturated heterocycles. The van der Waals surface area contributed by atoms with Crippen LogP contribution in [0.4, 0.5) is 17.1 Å². The van der Waals surface area contributed by atoms with E-state index >= 15 is 0 Å². The van der Waals surface area contributed by atoms with Crippen LogP contribution in [0.2, 0.25) is 0 Å². The third-order valence-electron chi connectivity index (χ3n) is 11.0. The maximum Gasteiger partial charge on any atom is 0.0702 e. The van der Waals surface area contributed by atoms with Crippen LogP contribution in [0.5, 0.6) is 0 Å². The number of hydrogen-bond acceptors (Lipinski definition) is 1. The molecule has 0 atom stereocenters. The van der Waals surface area contributed by atoms with Gasteiger partial charge in [-0.15, -0.1) is 0 Å². The molecule has 51 heavy (non-hydrogen) atoms. The van der Waals surface area contributed by atoms with Crippen LogP contribution in [0.3, 0.4) is 0 Å². The van der Waals surface area contributed by atoms with Gasteiger partial charge >= 0.3 is 0 Å². The summed E-state index contributed by atoms with van der Waals surface area (Å²) >= 11 is 0. The van der Waals surface area contributed by atoms with Crippen LogP contribution in [-0.2, 0) is 5.41 Å². The predicted octanol–water partition coefficient (Wildman–Crippen LogP) is 13.4. The monoisotopic (exact) mass is 652 g/mol. The Morgan fingerprint density at radius 3 is 1.78 bits per heavy atom. The van der Waals surface area contributed by atoms with Gasteiger partial charge in [0.05, 0.1) is 28.1 Å². The Kier molecular flexibility index (Phi) is 6.56. The molecule has 0 bridgehead atoms. The first-order chi connectivity index (χ1) is 25.1. The molecule has 10 rings (SSSR count). The number of aromatic nitrogens is 1. The minimum absolute atomic E-state index is 0.0853. The molecule has 1 heterocycles. The highest BCUT2D eigenvalue weighted by Gasteiger charge is 2.37. The number of anilines is 3. The Balaban J connectivity index is 1.28. The molecule has 1 aromatic heterocycles. The van der Waals surface area contributed by atoms with Gasteiger partial charge in [0.1, 0.15) is 0 Å². The molecule has 8 aromatic carbocycles. The van der Waals surface area contributed by atoms with Crippen molar-refractivity contribution in [2.24, 2.45) is 0 Å². The van der Waals surface area contributed by atoms with Crippen molar-refractivity contribution in [2.45, 2.75) is 19.3 Å². The summed E-state index contributed by atoms with van der Waals surface area (Å²) in [5.41, 5.74) is 14.7. The molecule has 1 aliphatic carbocycles. The summed E-state index contributed by atoms with van der Waals surface area (Å²) in [4.78, 5) is 2.48. The number of para-hydroxylation sites is 5. The zero-order valence-corrected chi connectivity index (χ0v) is 28.7. The van der Waals surface area contributed by atoms with Crippen molar-refractivity contribution in [1.29, 1.82) is 0 Å². The van der Waals surface area contributed by atoms with E-state index in [4.69, 9.17) is 0 Å². The first-order valence-electron chi connectivity index (χ1n) is 17.8. The molecule has 0 saturated carbocycles. The highest BCUT2D eigenvalue weighted by molar-refractivity contribution is 6.10. The summed E-state index contributed by atoms with van der Waals surface area (Å²) in [5, 5.41) is 4.94. The summed E-state index contributed by atoms with van der Waals surface area (Å²) in [5.74, 6) is 0. The third kappa shape index (κ3) is 4.43. The van der Waals surface area contributed by atoms with Crippen LogP contribution >= 0.6 is 0 Å². The van der Waals surface area contributed by atoms with Crippen molar-refractivity contribution in [2.75, 3.05) is 4.90 Å². The lowest BCUT2D eigenvalue weighted by molar-refractivity contribution is 0.660.